The molecule has 0 aliphatic heterocycles. The van der Waals surface area contributed by atoms with E-state index in [2.05, 4.69) is 10.1 Å². The Kier molecular flexibility index (Phi) is 3.76. The van der Waals surface area contributed by atoms with Crippen LogP contribution in [0.2, 0.25) is 0 Å². The van der Waals surface area contributed by atoms with E-state index in [4.69, 9.17) is 9.26 Å². The van der Waals surface area contributed by atoms with Gasteiger partial charge >= 0.3 is 5.97 Å². The monoisotopic (exact) mass is 238 g/mol. The number of hydrogen-bond donors (Lipinski definition) is 0. The Morgan fingerprint density at radius 1 is 1.47 bits per heavy atom. The van der Waals surface area contributed by atoms with Crippen molar-refractivity contribution in [3.05, 3.63) is 11.7 Å². The summed E-state index contributed by atoms with van der Waals surface area (Å²) < 4.78 is 10.1. The summed E-state index contributed by atoms with van der Waals surface area (Å²) in [5.41, 5.74) is 0. The minimum Gasteiger partial charge on any atom is -0.466 e. The zero-order chi connectivity index (χ0) is 12.3. The number of carbonyl (C=O) groups is 1. The van der Waals surface area contributed by atoms with Gasteiger partial charge < -0.3 is 9.26 Å². The third-order valence-corrected chi connectivity index (χ3v) is 3.23. The van der Waals surface area contributed by atoms with Crippen LogP contribution >= 0.6 is 0 Å². The highest BCUT2D eigenvalue weighted by Crippen LogP contribution is 2.37. The lowest BCUT2D eigenvalue weighted by Crippen LogP contribution is -2.28. The lowest BCUT2D eigenvalue weighted by atomic mass is 9.79. The Morgan fingerprint density at radius 3 is 2.88 bits per heavy atom. The van der Waals surface area contributed by atoms with E-state index in [-0.39, 0.29) is 17.8 Å². The molecule has 2 atom stereocenters. The number of carbonyl (C=O) groups excluding carboxylic acids is 1. The van der Waals surface area contributed by atoms with Crippen molar-refractivity contribution in [2.45, 2.75) is 45.4 Å². The molecule has 1 saturated carbocycles. The molecular formula is C12H18N2O3. The molecule has 2 rings (SSSR count). The molecule has 0 radical (unpaired) electrons. The van der Waals surface area contributed by atoms with E-state index in [1.54, 1.807) is 6.92 Å². The molecule has 0 aromatic carbocycles. The minimum absolute atomic E-state index is 0.0558. The Hall–Kier alpha value is -1.39. The molecule has 5 nitrogen and oxygen atoms in total. The van der Waals surface area contributed by atoms with Crippen LogP contribution in [0.3, 0.4) is 0 Å². The maximum atomic E-state index is 11.9. The van der Waals surface area contributed by atoms with Crippen LogP contribution in [0, 0.1) is 12.8 Å². The third kappa shape index (κ3) is 2.65. The van der Waals surface area contributed by atoms with Crippen molar-refractivity contribution >= 4 is 5.97 Å². The van der Waals surface area contributed by atoms with E-state index in [0.717, 1.165) is 25.7 Å². The van der Waals surface area contributed by atoms with Crippen molar-refractivity contribution in [2.24, 2.45) is 5.92 Å². The minimum atomic E-state index is -0.125. The molecule has 1 aliphatic rings. The van der Waals surface area contributed by atoms with Crippen LogP contribution < -0.4 is 0 Å². The van der Waals surface area contributed by atoms with Gasteiger partial charge in [-0.1, -0.05) is 18.0 Å². The van der Waals surface area contributed by atoms with Crippen LogP contribution in [0.1, 0.15) is 50.2 Å². The summed E-state index contributed by atoms with van der Waals surface area (Å²) >= 11 is 0. The van der Waals surface area contributed by atoms with Crippen LogP contribution in [0.25, 0.3) is 0 Å². The highest BCUT2D eigenvalue weighted by Gasteiger charge is 2.35. The van der Waals surface area contributed by atoms with Gasteiger partial charge in [0.15, 0.2) is 5.82 Å². The van der Waals surface area contributed by atoms with Gasteiger partial charge in [-0.2, -0.15) is 4.98 Å². The Labute approximate surface area is 101 Å². The molecule has 0 amide bonds. The summed E-state index contributed by atoms with van der Waals surface area (Å²) in [7, 11) is 0. The predicted octanol–water partition coefficient (Wildman–Crippen LogP) is 2.21. The fourth-order valence-corrected chi connectivity index (χ4v) is 2.44. The van der Waals surface area contributed by atoms with Gasteiger partial charge in [-0.15, -0.1) is 0 Å². The molecule has 17 heavy (non-hydrogen) atoms. The van der Waals surface area contributed by atoms with E-state index in [1.165, 1.54) is 0 Å². The number of ether oxygens (including phenoxy) is 1. The first-order valence-electron chi connectivity index (χ1n) is 6.19. The first kappa shape index (κ1) is 12.1. The second kappa shape index (κ2) is 5.29. The standard InChI is InChI=1S/C12H18N2O3/c1-3-16-12(15)10-7-5-4-6-9(10)11-13-8(2)17-14-11/h9-10H,3-7H2,1-2H3. The lowest BCUT2D eigenvalue weighted by Gasteiger charge is -2.27. The second-order valence-electron chi connectivity index (χ2n) is 4.42. The smallest absolute Gasteiger partial charge is 0.309 e. The molecule has 1 aromatic heterocycles. The van der Waals surface area contributed by atoms with Gasteiger partial charge in [-0.25, -0.2) is 0 Å². The van der Waals surface area contributed by atoms with Crippen LogP contribution in [-0.4, -0.2) is 22.7 Å². The van der Waals surface area contributed by atoms with Gasteiger partial charge in [0.1, 0.15) is 0 Å². The predicted molar refractivity (Wildman–Crippen MR) is 60.4 cm³/mol. The number of esters is 1. The Balaban J connectivity index is 2.14. The van der Waals surface area contributed by atoms with Crippen molar-refractivity contribution < 1.29 is 14.1 Å². The van der Waals surface area contributed by atoms with Crippen molar-refractivity contribution in [3.63, 3.8) is 0 Å². The molecule has 1 aliphatic carbocycles. The molecule has 94 valence electrons. The van der Waals surface area contributed by atoms with Crippen LogP contribution in [0.5, 0.6) is 0 Å². The largest absolute Gasteiger partial charge is 0.466 e. The lowest BCUT2D eigenvalue weighted by molar-refractivity contribution is -0.150. The Bertz CT molecular complexity index is 389. The van der Waals surface area contributed by atoms with Gasteiger partial charge in [-0.3, -0.25) is 4.79 Å². The molecule has 1 fully saturated rings. The highest BCUT2D eigenvalue weighted by molar-refractivity contribution is 5.73. The summed E-state index contributed by atoms with van der Waals surface area (Å²) in [5.74, 6) is 1.02. The maximum Gasteiger partial charge on any atom is 0.309 e. The molecular weight excluding hydrogens is 220 g/mol. The van der Waals surface area contributed by atoms with Crippen molar-refractivity contribution in [1.29, 1.82) is 0 Å². The molecule has 1 aromatic rings. The molecule has 0 N–H and O–H groups in total. The fraction of sp³-hybridized carbons (Fsp3) is 0.750. The van der Waals surface area contributed by atoms with Crippen molar-refractivity contribution in [1.82, 2.24) is 10.1 Å². The summed E-state index contributed by atoms with van der Waals surface area (Å²) in [5, 5.41) is 3.94. The average molecular weight is 238 g/mol. The first-order chi connectivity index (χ1) is 8.22. The zero-order valence-corrected chi connectivity index (χ0v) is 10.3. The van der Waals surface area contributed by atoms with E-state index in [0.29, 0.717) is 18.3 Å². The highest BCUT2D eigenvalue weighted by atomic mass is 16.5. The molecule has 0 saturated heterocycles. The molecule has 1 heterocycles. The SMILES string of the molecule is CCOC(=O)C1CCCCC1c1noc(C)n1. The van der Waals surface area contributed by atoms with Crippen molar-refractivity contribution in [3.8, 4) is 0 Å². The third-order valence-electron chi connectivity index (χ3n) is 3.23. The molecule has 5 heteroatoms. The van der Waals surface area contributed by atoms with Crippen LogP contribution in [-0.2, 0) is 9.53 Å². The number of aryl methyl sites for hydroxylation is 1. The Morgan fingerprint density at radius 2 is 2.24 bits per heavy atom. The topological polar surface area (TPSA) is 65.2 Å². The number of aromatic nitrogens is 2. The van der Waals surface area contributed by atoms with Gasteiger partial charge in [-0.05, 0) is 19.8 Å². The van der Waals surface area contributed by atoms with Crippen LogP contribution in [0.4, 0.5) is 0 Å². The van der Waals surface area contributed by atoms with E-state index < -0.39 is 0 Å². The average Bonchev–Trinajstić information content (AvgIpc) is 2.76. The summed E-state index contributed by atoms with van der Waals surface area (Å²) in [6, 6.07) is 0. The summed E-state index contributed by atoms with van der Waals surface area (Å²) in [6.45, 7) is 4.01. The van der Waals surface area contributed by atoms with E-state index >= 15 is 0 Å². The molecule has 0 bridgehead atoms. The summed E-state index contributed by atoms with van der Waals surface area (Å²) in [4.78, 5) is 16.1. The zero-order valence-electron chi connectivity index (χ0n) is 10.3. The number of hydrogen-bond acceptors (Lipinski definition) is 5. The van der Waals surface area contributed by atoms with Gasteiger partial charge in [0.05, 0.1) is 12.5 Å². The van der Waals surface area contributed by atoms with Crippen molar-refractivity contribution in [2.75, 3.05) is 6.61 Å². The quantitative estimate of drug-likeness (QED) is 0.755. The molecule has 2 unspecified atom stereocenters. The first-order valence-corrected chi connectivity index (χ1v) is 6.19. The number of nitrogens with zero attached hydrogens (tertiary/aromatic N) is 2. The maximum absolute atomic E-state index is 11.9. The van der Waals surface area contributed by atoms with Gasteiger partial charge in [0, 0.05) is 12.8 Å². The van der Waals surface area contributed by atoms with E-state index in [1.807, 2.05) is 6.92 Å². The number of rotatable bonds is 3. The normalized spacial score (nSPS) is 24.6. The van der Waals surface area contributed by atoms with E-state index in [9.17, 15) is 4.79 Å². The fourth-order valence-electron chi connectivity index (χ4n) is 2.44. The molecule has 0 spiro atoms. The van der Waals surface area contributed by atoms with Gasteiger partial charge in [0.2, 0.25) is 5.89 Å². The van der Waals surface area contributed by atoms with Crippen LogP contribution in [0.15, 0.2) is 4.52 Å². The van der Waals surface area contributed by atoms with Gasteiger partial charge in [0.25, 0.3) is 0 Å². The second-order valence-corrected chi connectivity index (χ2v) is 4.42. The summed E-state index contributed by atoms with van der Waals surface area (Å²) in [6.07, 6.45) is 3.96.